The molecule has 0 spiro atoms. The second-order valence-corrected chi connectivity index (χ2v) is 22.7. The van der Waals surface area contributed by atoms with Crippen molar-refractivity contribution in [3.05, 3.63) is 70.4 Å². The van der Waals surface area contributed by atoms with Crippen molar-refractivity contribution in [3.63, 3.8) is 0 Å². The highest BCUT2D eigenvalue weighted by molar-refractivity contribution is 6.04. The SMILES string of the molecule is CCC1(CC)CN(c2nc(C(=O)Nc3cc(F)c(OC4CC5CC5C4)c(F)c3)c(CN3CCC3)o2)C1.CCC1(CC)CN(c2nc(C(=O)Nc3cc(F)c(OC4CC5CC5C4)c(F)c3)c(CN3CCCC3)o2)C1. The van der Waals surface area contributed by atoms with Crippen LogP contribution in [0.15, 0.2) is 33.1 Å². The Morgan fingerprint density at radius 3 is 1.22 bits per heavy atom. The Balaban J connectivity index is 0.000000157. The number of hydrogen-bond donors (Lipinski definition) is 2. The molecule has 2 amide bonds. The molecule has 12 rings (SSSR count). The minimum Gasteiger partial charge on any atom is -0.484 e. The predicted molar refractivity (Wildman–Crippen MR) is 267 cm³/mol. The topological polar surface area (TPSA) is 142 Å². The summed E-state index contributed by atoms with van der Waals surface area (Å²) >= 11 is 0. The molecular weight excluding hydrogens is 945 g/mol. The van der Waals surface area contributed by atoms with Gasteiger partial charge in [-0.1, -0.05) is 27.7 Å². The lowest BCUT2D eigenvalue weighted by molar-refractivity contribution is 0.100. The fourth-order valence-electron chi connectivity index (χ4n) is 12.3. The minimum absolute atomic E-state index is 0.0241. The molecule has 18 heteroatoms. The van der Waals surface area contributed by atoms with Crippen molar-refractivity contribution >= 4 is 35.2 Å². The summed E-state index contributed by atoms with van der Waals surface area (Å²) in [5.74, 6) is -1.52. The number of aromatic nitrogens is 2. The van der Waals surface area contributed by atoms with Crippen molar-refractivity contribution in [3.8, 4) is 11.5 Å². The molecule has 4 aliphatic heterocycles. The third kappa shape index (κ3) is 10.4. The van der Waals surface area contributed by atoms with Gasteiger partial charge in [0.05, 0.1) is 25.3 Å². The van der Waals surface area contributed by atoms with Crippen LogP contribution in [0.3, 0.4) is 0 Å². The molecule has 8 fully saturated rings. The Hall–Kier alpha value is -5.36. The van der Waals surface area contributed by atoms with E-state index in [9.17, 15) is 27.2 Å². The van der Waals surface area contributed by atoms with E-state index >= 15 is 0 Å². The van der Waals surface area contributed by atoms with E-state index in [1.807, 2.05) is 0 Å². The number of halogens is 4. The van der Waals surface area contributed by atoms with E-state index in [0.29, 0.717) is 60.3 Å². The molecule has 4 unspecified atom stereocenters. The van der Waals surface area contributed by atoms with Crippen LogP contribution in [0, 0.1) is 57.8 Å². The van der Waals surface area contributed by atoms with Crippen molar-refractivity contribution in [1.29, 1.82) is 0 Å². The average molecular weight is 1020 g/mol. The molecule has 4 saturated heterocycles. The second-order valence-electron chi connectivity index (χ2n) is 22.7. The molecule has 0 radical (unpaired) electrons. The Labute approximate surface area is 424 Å². The monoisotopic (exact) mass is 1010 g/mol. The Kier molecular flexibility index (Phi) is 13.7. The molecule has 73 heavy (non-hydrogen) atoms. The maximum atomic E-state index is 14.8. The highest BCUT2D eigenvalue weighted by Gasteiger charge is 2.49. The predicted octanol–water partition coefficient (Wildman–Crippen LogP) is 10.8. The summed E-state index contributed by atoms with van der Waals surface area (Å²) in [6.45, 7) is 16.8. The number of oxazole rings is 2. The largest absolute Gasteiger partial charge is 0.484 e. The lowest BCUT2D eigenvalue weighted by Gasteiger charge is -2.49. The summed E-state index contributed by atoms with van der Waals surface area (Å²) in [6, 6.07) is 5.30. The zero-order valence-electron chi connectivity index (χ0n) is 42.7. The number of benzene rings is 2. The Morgan fingerprint density at radius 1 is 0.562 bits per heavy atom. The minimum atomic E-state index is -0.816. The van der Waals surface area contributed by atoms with Gasteiger partial charge < -0.3 is 38.7 Å². The lowest BCUT2D eigenvalue weighted by Crippen LogP contribution is -2.56. The van der Waals surface area contributed by atoms with Crippen molar-refractivity contribution in [2.75, 3.05) is 72.8 Å². The van der Waals surface area contributed by atoms with E-state index < -0.39 is 35.1 Å². The highest BCUT2D eigenvalue weighted by atomic mass is 19.1. The Morgan fingerprint density at radius 2 is 0.904 bits per heavy atom. The summed E-state index contributed by atoms with van der Waals surface area (Å²) in [5.41, 5.74) is 0.887. The zero-order chi connectivity index (χ0) is 50.8. The molecule has 2 aromatic carbocycles. The van der Waals surface area contributed by atoms with Gasteiger partial charge in [-0.15, -0.1) is 0 Å². The van der Waals surface area contributed by atoms with Crippen LogP contribution in [0.4, 0.5) is 41.0 Å². The first-order chi connectivity index (χ1) is 35.2. The van der Waals surface area contributed by atoms with Gasteiger partial charge in [-0.2, -0.15) is 9.97 Å². The second kappa shape index (κ2) is 20.1. The van der Waals surface area contributed by atoms with Crippen LogP contribution in [0.5, 0.6) is 11.5 Å². The molecule has 2 aromatic heterocycles. The first kappa shape index (κ1) is 49.8. The zero-order valence-corrected chi connectivity index (χ0v) is 42.7. The lowest BCUT2D eigenvalue weighted by atomic mass is 9.75. The fraction of sp³-hybridized carbons (Fsp3) is 0.636. The van der Waals surface area contributed by atoms with Crippen LogP contribution in [-0.2, 0) is 13.1 Å². The first-order valence-electron chi connectivity index (χ1n) is 27.1. The molecule has 4 saturated carbocycles. The number of carbonyl (C=O) groups is 2. The standard InChI is InChI=1S/C28H36F2N4O3.C27H34F2N4O3/c1-3-28(4-2)15-34(16-28)27-32-24(23(37-27)14-33-7-5-6-8-33)26(35)31-19-12-21(29)25(22(30)13-19)36-20-10-17-9-18(17)11-20;1-3-27(4-2)14-33(15-27)26-31-23(22(36-26)13-32-6-5-7-32)25(34)30-18-11-20(28)24(21(29)12-18)35-19-9-16-8-17(16)10-19/h12-13,17-18,20H,3-11,14-16H2,1-2H3,(H,31,35);11-12,16-17,19H,3-10,13-15H2,1-2H3,(H,30,34). The van der Waals surface area contributed by atoms with E-state index in [2.05, 4.69) is 67.9 Å². The van der Waals surface area contributed by atoms with Crippen molar-refractivity contribution in [2.24, 2.45) is 34.5 Å². The van der Waals surface area contributed by atoms with Gasteiger partial charge in [-0.05, 0) is 133 Å². The van der Waals surface area contributed by atoms with Crippen LogP contribution in [0.2, 0.25) is 0 Å². The molecule has 0 bridgehead atoms. The number of rotatable bonds is 18. The van der Waals surface area contributed by atoms with E-state index in [0.717, 1.165) is 147 Å². The number of nitrogens with one attached hydrogen (secondary N) is 2. The van der Waals surface area contributed by atoms with Gasteiger partial charge in [0.1, 0.15) is 0 Å². The summed E-state index contributed by atoms with van der Waals surface area (Å²) in [5, 5.41) is 5.25. The van der Waals surface area contributed by atoms with Crippen LogP contribution < -0.4 is 29.9 Å². The number of likely N-dealkylation sites (tertiary alicyclic amines) is 2. The van der Waals surface area contributed by atoms with Crippen LogP contribution >= 0.6 is 0 Å². The number of fused-ring (bicyclic) bond motifs is 2. The van der Waals surface area contributed by atoms with E-state index in [1.54, 1.807) is 0 Å². The van der Waals surface area contributed by atoms with Gasteiger partial charge in [0.2, 0.25) is 0 Å². The normalized spacial score (nSPS) is 26.2. The first-order valence-corrected chi connectivity index (χ1v) is 27.1. The molecule has 8 aliphatic rings. The van der Waals surface area contributed by atoms with Crippen molar-refractivity contribution in [2.45, 2.75) is 136 Å². The highest BCUT2D eigenvalue weighted by Crippen LogP contribution is 2.54. The fourth-order valence-corrected chi connectivity index (χ4v) is 12.3. The number of carbonyl (C=O) groups excluding carboxylic acids is 2. The van der Waals surface area contributed by atoms with Crippen molar-refractivity contribution in [1.82, 2.24) is 19.8 Å². The number of anilines is 4. The molecule has 4 atom stereocenters. The van der Waals surface area contributed by atoms with Crippen LogP contribution in [0.1, 0.15) is 144 Å². The Bertz CT molecular complexity index is 2610. The molecular formula is C55H70F4N8O6. The third-order valence-electron chi connectivity index (χ3n) is 17.8. The maximum Gasteiger partial charge on any atom is 0.298 e. The summed E-state index contributed by atoms with van der Waals surface area (Å²) in [6.07, 6.45) is 13.2. The number of amides is 2. The number of ether oxygens (including phenoxy) is 2. The quantitative estimate of drug-likeness (QED) is 0.0917. The summed E-state index contributed by atoms with van der Waals surface area (Å²) < 4.78 is 82.7. The average Bonchev–Trinajstić information content (AvgIpc) is 3.76. The number of hydrogen-bond acceptors (Lipinski definition) is 12. The van der Waals surface area contributed by atoms with Gasteiger partial charge in [0, 0.05) is 72.6 Å². The van der Waals surface area contributed by atoms with E-state index in [1.165, 1.54) is 12.8 Å². The molecule has 6 heterocycles. The number of nitrogens with zero attached hydrogens (tertiary/aromatic N) is 6. The molecule has 4 aliphatic carbocycles. The van der Waals surface area contributed by atoms with E-state index in [4.69, 9.17) is 18.3 Å². The third-order valence-corrected chi connectivity index (χ3v) is 17.8. The smallest absolute Gasteiger partial charge is 0.298 e. The molecule has 4 aromatic rings. The van der Waals surface area contributed by atoms with Gasteiger partial charge in [0.25, 0.3) is 23.8 Å². The van der Waals surface area contributed by atoms with Gasteiger partial charge >= 0.3 is 0 Å². The van der Waals surface area contributed by atoms with Crippen LogP contribution in [-0.4, -0.2) is 96.1 Å². The summed E-state index contributed by atoms with van der Waals surface area (Å²) in [7, 11) is 0. The molecule has 14 nitrogen and oxygen atoms in total. The van der Waals surface area contributed by atoms with Gasteiger partial charge in [-0.25, -0.2) is 17.6 Å². The van der Waals surface area contributed by atoms with E-state index in [-0.39, 0.29) is 57.3 Å². The maximum absolute atomic E-state index is 14.8. The van der Waals surface area contributed by atoms with Crippen molar-refractivity contribution < 1.29 is 45.5 Å². The summed E-state index contributed by atoms with van der Waals surface area (Å²) in [4.78, 5) is 44.1. The van der Waals surface area contributed by atoms with Gasteiger partial charge in [0.15, 0.2) is 57.7 Å². The molecule has 394 valence electrons. The molecule has 2 N–H and O–H groups in total. The van der Waals surface area contributed by atoms with Crippen LogP contribution in [0.25, 0.3) is 0 Å². The van der Waals surface area contributed by atoms with Gasteiger partial charge in [-0.3, -0.25) is 19.4 Å².